The predicted molar refractivity (Wildman–Crippen MR) is 126 cm³/mol. The van der Waals surface area contributed by atoms with E-state index in [-0.39, 0.29) is 4.90 Å². The molecule has 0 saturated carbocycles. The Balaban J connectivity index is 0.00000155. The topological polar surface area (TPSA) is 56.3 Å². The fourth-order valence-electron chi connectivity index (χ4n) is 3.54. The molecular formula is C25H33NO3S. The SMILES string of the molecule is CC.CC(C)CC(C)COc1ccc(-c2ccnc3ccccc23)cc1S(C)(=O)=O. The maximum absolute atomic E-state index is 12.4. The van der Waals surface area contributed by atoms with Crippen molar-refractivity contribution in [2.45, 2.75) is 45.9 Å². The summed E-state index contributed by atoms with van der Waals surface area (Å²) in [7, 11) is -3.43. The van der Waals surface area contributed by atoms with Gasteiger partial charge in [0, 0.05) is 17.8 Å². The fourth-order valence-corrected chi connectivity index (χ4v) is 4.37. The summed E-state index contributed by atoms with van der Waals surface area (Å²) in [5.41, 5.74) is 2.67. The van der Waals surface area contributed by atoms with Crippen LogP contribution in [0.15, 0.2) is 59.6 Å². The van der Waals surface area contributed by atoms with Crippen LogP contribution in [0.25, 0.3) is 22.0 Å². The van der Waals surface area contributed by atoms with E-state index in [0.29, 0.717) is 24.2 Å². The van der Waals surface area contributed by atoms with E-state index in [2.05, 4.69) is 25.8 Å². The summed E-state index contributed by atoms with van der Waals surface area (Å²) in [6, 6.07) is 15.1. The van der Waals surface area contributed by atoms with Crippen molar-refractivity contribution in [1.82, 2.24) is 4.98 Å². The van der Waals surface area contributed by atoms with E-state index in [1.807, 2.05) is 50.2 Å². The summed E-state index contributed by atoms with van der Waals surface area (Å²) in [5, 5.41) is 0.990. The lowest BCUT2D eigenvalue weighted by atomic mass is 10.00. The highest BCUT2D eigenvalue weighted by atomic mass is 32.2. The van der Waals surface area contributed by atoms with E-state index < -0.39 is 9.84 Å². The molecule has 0 aliphatic carbocycles. The third-order valence-electron chi connectivity index (χ3n) is 4.70. The second kappa shape index (κ2) is 10.6. The van der Waals surface area contributed by atoms with Crippen LogP contribution in [0.2, 0.25) is 0 Å². The first-order chi connectivity index (χ1) is 14.3. The zero-order valence-electron chi connectivity index (χ0n) is 18.8. The highest BCUT2D eigenvalue weighted by Crippen LogP contribution is 2.33. The summed E-state index contributed by atoms with van der Waals surface area (Å²) in [5.74, 6) is 1.35. The van der Waals surface area contributed by atoms with E-state index in [0.717, 1.165) is 28.5 Å². The lowest BCUT2D eigenvalue weighted by Gasteiger charge is -2.17. The van der Waals surface area contributed by atoms with Gasteiger partial charge in [0.2, 0.25) is 0 Å². The Morgan fingerprint density at radius 3 is 2.37 bits per heavy atom. The summed E-state index contributed by atoms with van der Waals surface area (Å²) < 4.78 is 30.8. The highest BCUT2D eigenvalue weighted by molar-refractivity contribution is 7.90. The van der Waals surface area contributed by atoms with Crippen LogP contribution >= 0.6 is 0 Å². The minimum absolute atomic E-state index is 0.225. The van der Waals surface area contributed by atoms with Gasteiger partial charge in [0.15, 0.2) is 9.84 Å². The third-order valence-corrected chi connectivity index (χ3v) is 5.82. The molecule has 5 heteroatoms. The van der Waals surface area contributed by atoms with Gasteiger partial charge in [0.05, 0.1) is 12.1 Å². The molecule has 2 aromatic carbocycles. The number of aromatic nitrogens is 1. The summed E-state index contributed by atoms with van der Waals surface area (Å²) in [6.45, 7) is 11.0. The number of pyridine rings is 1. The molecule has 0 radical (unpaired) electrons. The van der Waals surface area contributed by atoms with E-state index in [9.17, 15) is 8.42 Å². The van der Waals surface area contributed by atoms with Gasteiger partial charge >= 0.3 is 0 Å². The maximum atomic E-state index is 12.4. The average molecular weight is 428 g/mol. The van der Waals surface area contributed by atoms with Gasteiger partial charge in [0.25, 0.3) is 0 Å². The number of hydrogen-bond acceptors (Lipinski definition) is 4. The van der Waals surface area contributed by atoms with Gasteiger partial charge in [-0.05, 0) is 53.6 Å². The zero-order chi connectivity index (χ0) is 22.3. The average Bonchev–Trinajstić information content (AvgIpc) is 2.72. The number of ether oxygens (including phenoxy) is 1. The summed E-state index contributed by atoms with van der Waals surface area (Å²) in [6.07, 6.45) is 4.01. The second-order valence-corrected chi connectivity index (χ2v) is 9.84. The molecule has 0 aliphatic heterocycles. The molecule has 0 saturated heterocycles. The van der Waals surface area contributed by atoms with Crippen LogP contribution in [0.1, 0.15) is 41.0 Å². The molecule has 3 rings (SSSR count). The molecule has 30 heavy (non-hydrogen) atoms. The molecule has 3 aromatic rings. The van der Waals surface area contributed by atoms with Crippen LogP contribution in [-0.4, -0.2) is 26.3 Å². The molecule has 1 aromatic heterocycles. The first kappa shape index (κ1) is 23.9. The highest BCUT2D eigenvalue weighted by Gasteiger charge is 2.18. The molecule has 0 N–H and O–H groups in total. The van der Waals surface area contributed by atoms with Gasteiger partial charge in [-0.3, -0.25) is 4.98 Å². The van der Waals surface area contributed by atoms with Crippen LogP contribution in [0.5, 0.6) is 5.75 Å². The van der Waals surface area contributed by atoms with Gasteiger partial charge in [-0.25, -0.2) is 8.42 Å². The van der Waals surface area contributed by atoms with Gasteiger partial charge in [0.1, 0.15) is 10.6 Å². The lowest BCUT2D eigenvalue weighted by Crippen LogP contribution is -2.12. The largest absolute Gasteiger partial charge is 0.492 e. The second-order valence-electron chi connectivity index (χ2n) is 7.86. The van der Waals surface area contributed by atoms with Gasteiger partial charge in [-0.1, -0.05) is 58.9 Å². The fraction of sp³-hybridized carbons (Fsp3) is 0.400. The molecule has 4 nitrogen and oxygen atoms in total. The molecule has 0 fully saturated rings. The van der Waals surface area contributed by atoms with Crippen molar-refractivity contribution >= 4 is 20.7 Å². The molecule has 1 heterocycles. The third kappa shape index (κ3) is 6.05. The standard InChI is InChI=1S/C23H27NO3S.C2H6/c1-16(2)13-17(3)15-27-22-10-9-18(14-23(22)28(4,25)26)19-11-12-24-21-8-6-5-7-20(19)21;1-2/h5-12,14,16-17H,13,15H2,1-4H3;1-2H3. The number of rotatable bonds is 7. The van der Waals surface area contributed by atoms with E-state index in [1.165, 1.54) is 6.26 Å². The van der Waals surface area contributed by atoms with Crippen LogP contribution in [-0.2, 0) is 9.84 Å². The van der Waals surface area contributed by atoms with Crippen LogP contribution in [0.3, 0.4) is 0 Å². The van der Waals surface area contributed by atoms with Crippen LogP contribution in [0.4, 0.5) is 0 Å². The molecule has 0 spiro atoms. The van der Waals surface area contributed by atoms with E-state index in [4.69, 9.17) is 4.74 Å². The Morgan fingerprint density at radius 1 is 1.00 bits per heavy atom. The van der Waals surface area contributed by atoms with Crippen molar-refractivity contribution in [2.24, 2.45) is 11.8 Å². The lowest BCUT2D eigenvalue weighted by molar-refractivity contribution is 0.234. The van der Waals surface area contributed by atoms with Crippen LogP contribution in [0, 0.1) is 11.8 Å². The van der Waals surface area contributed by atoms with Crippen molar-refractivity contribution in [3.05, 3.63) is 54.7 Å². The summed E-state index contributed by atoms with van der Waals surface area (Å²) >= 11 is 0. The molecule has 1 unspecified atom stereocenters. The number of benzene rings is 2. The Kier molecular flexibility index (Phi) is 8.42. The van der Waals surface area contributed by atoms with Crippen molar-refractivity contribution in [3.8, 4) is 16.9 Å². The zero-order valence-corrected chi connectivity index (χ0v) is 19.7. The molecule has 0 amide bonds. The van der Waals surface area contributed by atoms with Crippen LogP contribution < -0.4 is 4.74 Å². The van der Waals surface area contributed by atoms with Gasteiger partial charge in [-0.2, -0.15) is 0 Å². The van der Waals surface area contributed by atoms with Crippen molar-refractivity contribution in [3.63, 3.8) is 0 Å². The quantitative estimate of drug-likeness (QED) is 0.438. The first-order valence-electron chi connectivity index (χ1n) is 10.6. The Hall–Kier alpha value is -2.40. The minimum atomic E-state index is -3.43. The van der Waals surface area contributed by atoms with E-state index >= 15 is 0 Å². The van der Waals surface area contributed by atoms with Gasteiger partial charge in [-0.15, -0.1) is 0 Å². The minimum Gasteiger partial charge on any atom is -0.492 e. The van der Waals surface area contributed by atoms with Crippen molar-refractivity contribution in [1.29, 1.82) is 0 Å². The Bertz CT molecular complexity index is 1070. The first-order valence-corrected chi connectivity index (χ1v) is 12.5. The molecule has 0 bridgehead atoms. The Morgan fingerprint density at radius 2 is 1.70 bits per heavy atom. The smallest absolute Gasteiger partial charge is 0.179 e. The molecule has 0 aliphatic rings. The number of fused-ring (bicyclic) bond motifs is 1. The normalized spacial score (nSPS) is 12.4. The van der Waals surface area contributed by atoms with E-state index in [1.54, 1.807) is 18.3 Å². The Labute approximate surface area is 181 Å². The van der Waals surface area contributed by atoms with Crippen molar-refractivity contribution < 1.29 is 13.2 Å². The number of nitrogens with zero attached hydrogens (tertiary/aromatic N) is 1. The molecular weight excluding hydrogens is 394 g/mol. The monoisotopic (exact) mass is 427 g/mol. The molecule has 162 valence electrons. The summed E-state index contributed by atoms with van der Waals surface area (Å²) in [4.78, 5) is 4.61. The predicted octanol–water partition coefficient (Wildman–Crippen LogP) is 6.39. The number of sulfone groups is 1. The maximum Gasteiger partial charge on any atom is 0.179 e. The van der Waals surface area contributed by atoms with Crippen molar-refractivity contribution in [2.75, 3.05) is 12.9 Å². The van der Waals surface area contributed by atoms with Gasteiger partial charge < -0.3 is 4.74 Å². The molecule has 1 atom stereocenters. The number of hydrogen-bond donors (Lipinski definition) is 0. The number of para-hydroxylation sites is 1.